The second-order valence-electron chi connectivity index (χ2n) is 6.89. The third-order valence-corrected chi connectivity index (χ3v) is 5.18. The van der Waals surface area contributed by atoms with E-state index in [0.29, 0.717) is 16.9 Å². The zero-order chi connectivity index (χ0) is 24.0. The highest BCUT2D eigenvalue weighted by molar-refractivity contribution is 6.40. The summed E-state index contributed by atoms with van der Waals surface area (Å²) in [7, 11) is 1.44. The molecule has 0 aromatic heterocycles. The lowest BCUT2D eigenvalue weighted by atomic mass is 10.1. The third kappa shape index (κ3) is 5.92. The largest absolute Gasteiger partial charge is 0.493 e. The topological polar surface area (TPSA) is 88.4 Å². The van der Waals surface area contributed by atoms with Gasteiger partial charge in [-0.25, -0.2) is 4.79 Å². The Labute approximate surface area is 201 Å². The van der Waals surface area contributed by atoms with Gasteiger partial charge in [0, 0.05) is 0 Å². The number of ether oxygens (including phenoxy) is 2. The number of nitrogens with one attached hydrogen (secondary N) is 1. The standard InChI is InChI=1S/C25H18Cl2N2O4/c1-15-6-9-17(10-7-15)25(31)33-22-13-16(8-11-21(22)32-2)12-18(14-28)24(30)29-23-19(26)4-3-5-20(23)27/h3-13H,1-2H3,(H,29,30)/b18-12+. The number of esters is 1. The van der Waals surface area contributed by atoms with E-state index in [9.17, 15) is 14.9 Å². The van der Waals surface area contributed by atoms with Gasteiger partial charge in [0.25, 0.3) is 5.91 Å². The lowest BCUT2D eigenvalue weighted by Crippen LogP contribution is -2.14. The van der Waals surface area contributed by atoms with Crippen molar-refractivity contribution in [3.8, 4) is 17.6 Å². The number of amides is 1. The zero-order valence-electron chi connectivity index (χ0n) is 17.7. The number of hydrogen-bond donors (Lipinski definition) is 1. The van der Waals surface area contributed by atoms with E-state index in [-0.39, 0.29) is 27.1 Å². The Morgan fingerprint density at radius 2 is 1.67 bits per heavy atom. The van der Waals surface area contributed by atoms with Gasteiger partial charge in [0.2, 0.25) is 0 Å². The molecule has 0 saturated heterocycles. The number of nitrogens with zero attached hydrogens (tertiary/aromatic N) is 1. The minimum absolute atomic E-state index is 0.142. The first-order valence-corrected chi connectivity index (χ1v) is 10.4. The molecule has 0 saturated carbocycles. The van der Waals surface area contributed by atoms with Crippen LogP contribution in [0.2, 0.25) is 10.0 Å². The number of anilines is 1. The van der Waals surface area contributed by atoms with Gasteiger partial charge in [-0.15, -0.1) is 0 Å². The summed E-state index contributed by atoms with van der Waals surface area (Å²) in [6.07, 6.45) is 1.35. The monoisotopic (exact) mass is 480 g/mol. The normalized spacial score (nSPS) is 10.8. The van der Waals surface area contributed by atoms with E-state index in [4.69, 9.17) is 32.7 Å². The van der Waals surface area contributed by atoms with Gasteiger partial charge in [0.05, 0.1) is 28.4 Å². The SMILES string of the molecule is COc1ccc(/C=C(\C#N)C(=O)Nc2c(Cl)cccc2Cl)cc1OC(=O)c1ccc(C)cc1. The number of para-hydroxylation sites is 1. The molecule has 8 heteroatoms. The predicted molar refractivity (Wildman–Crippen MR) is 128 cm³/mol. The van der Waals surface area contributed by atoms with Crippen LogP contribution in [0, 0.1) is 18.3 Å². The summed E-state index contributed by atoms with van der Waals surface area (Å²) in [6.45, 7) is 1.91. The van der Waals surface area contributed by atoms with Crippen LogP contribution >= 0.6 is 23.2 Å². The molecule has 0 aliphatic heterocycles. The Morgan fingerprint density at radius 3 is 2.27 bits per heavy atom. The molecule has 166 valence electrons. The van der Waals surface area contributed by atoms with Crippen molar-refractivity contribution in [2.24, 2.45) is 0 Å². The number of halogens is 2. The molecule has 33 heavy (non-hydrogen) atoms. The van der Waals surface area contributed by atoms with Gasteiger partial charge in [-0.3, -0.25) is 4.79 Å². The molecule has 0 unspecified atom stereocenters. The number of methoxy groups -OCH3 is 1. The van der Waals surface area contributed by atoms with Crippen LogP contribution in [0.5, 0.6) is 11.5 Å². The van der Waals surface area contributed by atoms with Crippen molar-refractivity contribution in [1.82, 2.24) is 0 Å². The van der Waals surface area contributed by atoms with Crippen LogP contribution < -0.4 is 14.8 Å². The Hall–Kier alpha value is -3.79. The minimum atomic E-state index is -0.693. The molecule has 1 amide bonds. The highest BCUT2D eigenvalue weighted by Crippen LogP contribution is 2.31. The van der Waals surface area contributed by atoms with Gasteiger partial charge in [-0.1, -0.05) is 53.0 Å². The number of hydrogen-bond acceptors (Lipinski definition) is 5. The molecular formula is C25H18Cl2N2O4. The number of aryl methyl sites for hydroxylation is 1. The van der Waals surface area contributed by atoms with Crippen molar-refractivity contribution in [1.29, 1.82) is 5.26 Å². The average molecular weight is 481 g/mol. The predicted octanol–water partition coefficient (Wildman–Crippen LogP) is 6.08. The Morgan fingerprint density at radius 1 is 1.00 bits per heavy atom. The zero-order valence-corrected chi connectivity index (χ0v) is 19.2. The van der Waals surface area contributed by atoms with Gasteiger partial charge in [0.1, 0.15) is 11.6 Å². The van der Waals surface area contributed by atoms with Crippen molar-refractivity contribution in [3.05, 3.63) is 93.0 Å². The van der Waals surface area contributed by atoms with Crippen LogP contribution in [0.25, 0.3) is 6.08 Å². The number of benzene rings is 3. The Kier molecular flexibility index (Phi) is 7.73. The molecule has 0 aliphatic rings. The number of nitriles is 1. The second kappa shape index (κ2) is 10.7. The molecule has 0 spiro atoms. The highest BCUT2D eigenvalue weighted by atomic mass is 35.5. The van der Waals surface area contributed by atoms with Crippen LogP contribution in [0.1, 0.15) is 21.5 Å². The van der Waals surface area contributed by atoms with Crippen LogP contribution in [-0.4, -0.2) is 19.0 Å². The molecule has 0 bridgehead atoms. The van der Waals surface area contributed by atoms with Crippen LogP contribution in [0.15, 0.2) is 66.2 Å². The smallest absolute Gasteiger partial charge is 0.343 e. The molecule has 3 rings (SSSR count). The first kappa shape index (κ1) is 23.9. The molecule has 1 N–H and O–H groups in total. The fraction of sp³-hybridized carbons (Fsp3) is 0.0800. The summed E-state index contributed by atoms with van der Waals surface area (Å²) in [4.78, 5) is 25.1. The quantitative estimate of drug-likeness (QED) is 0.200. The maximum Gasteiger partial charge on any atom is 0.343 e. The van der Waals surface area contributed by atoms with Gasteiger partial charge in [0.15, 0.2) is 11.5 Å². The van der Waals surface area contributed by atoms with Crippen LogP contribution in [0.3, 0.4) is 0 Å². The molecule has 6 nitrogen and oxygen atoms in total. The summed E-state index contributed by atoms with van der Waals surface area (Å²) in [5, 5.41) is 12.5. The van der Waals surface area contributed by atoms with E-state index < -0.39 is 11.9 Å². The maximum absolute atomic E-state index is 12.6. The first-order valence-electron chi connectivity index (χ1n) is 9.66. The van der Waals surface area contributed by atoms with Crippen molar-refractivity contribution in [2.75, 3.05) is 12.4 Å². The lowest BCUT2D eigenvalue weighted by Gasteiger charge is -2.11. The van der Waals surface area contributed by atoms with E-state index in [1.54, 1.807) is 54.6 Å². The minimum Gasteiger partial charge on any atom is -0.493 e. The van der Waals surface area contributed by atoms with Gasteiger partial charge in [-0.05, 0) is 55.0 Å². The number of carbonyl (C=O) groups is 2. The van der Waals surface area contributed by atoms with Crippen molar-refractivity contribution in [2.45, 2.75) is 6.92 Å². The summed E-state index contributed by atoms with van der Waals surface area (Å²) >= 11 is 12.2. The first-order chi connectivity index (χ1) is 15.8. The van der Waals surface area contributed by atoms with E-state index in [0.717, 1.165) is 5.56 Å². The molecular weight excluding hydrogens is 463 g/mol. The summed E-state index contributed by atoms with van der Waals surface area (Å²) in [5.74, 6) is -0.801. The van der Waals surface area contributed by atoms with E-state index in [1.807, 2.05) is 13.0 Å². The van der Waals surface area contributed by atoms with E-state index in [1.165, 1.54) is 19.3 Å². The maximum atomic E-state index is 12.6. The molecule has 0 heterocycles. The number of carbonyl (C=O) groups excluding carboxylic acids is 2. The Balaban J connectivity index is 1.87. The average Bonchev–Trinajstić information content (AvgIpc) is 2.80. The highest BCUT2D eigenvalue weighted by Gasteiger charge is 2.16. The molecule has 0 fully saturated rings. The fourth-order valence-electron chi connectivity index (χ4n) is 2.82. The third-order valence-electron chi connectivity index (χ3n) is 4.55. The van der Waals surface area contributed by atoms with Crippen molar-refractivity contribution < 1.29 is 19.1 Å². The Bertz CT molecular complexity index is 1260. The molecule has 3 aromatic carbocycles. The van der Waals surface area contributed by atoms with Gasteiger partial charge >= 0.3 is 5.97 Å². The summed E-state index contributed by atoms with van der Waals surface area (Å²) < 4.78 is 10.8. The lowest BCUT2D eigenvalue weighted by molar-refractivity contribution is -0.112. The van der Waals surface area contributed by atoms with Crippen LogP contribution in [0.4, 0.5) is 5.69 Å². The second-order valence-corrected chi connectivity index (χ2v) is 7.70. The van der Waals surface area contributed by atoms with E-state index >= 15 is 0 Å². The number of rotatable bonds is 6. The molecule has 3 aromatic rings. The summed E-state index contributed by atoms with van der Waals surface area (Å²) in [5.41, 5.74) is 1.83. The molecule has 0 radical (unpaired) electrons. The van der Waals surface area contributed by atoms with Gasteiger partial charge < -0.3 is 14.8 Å². The van der Waals surface area contributed by atoms with Crippen molar-refractivity contribution >= 4 is 46.8 Å². The van der Waals surface area contributed by atoms with E-state index in [2.05, 4.69) is 5.32 Å². The van der Waals surface area contributed by atoms with Gasteiger partial charge in [-0.2, -0.15) is 5.26 Å². The molecule has 0 aliphatic carbocycles. The fourth-order valence-corrected chi connectivity index (χ4v) is 3.32. The van der Waals surface area contributed by atoms with Crippen molar-refractivity contribution in [3.63, 3.8) is 0 Å². The summed E-state index contributed by atoms with van der Waals surface area (Å²) in [6, 6.07) is 18.2. The van der Waals surface area contributed by atoms with Crippen LogP contribution in [-0.2, 0) is 4.79 Å². The molecule has 0 atom stereocenters.